The monoisotopic (exact) mass is 416 g/mol. The van der Waals surface area contributed by atoms with E-state index < -0.39 is 18.3 Å². The number of thiophene rings is 1. The molecule has 1 aromatic heterocycles. The third-order valence-corrected chi connectivity index (χ3v) is 7.53. The van der Waals surface area contributed by atoms with Gasteiger partial charge in [-0.1, -0.05) is 30.3 Å². The highest BCUT2D eigenvalue weighted by Gasteiger charge is 2.53. The van der Waals surface area contributed by atoms with Gasteiger partial charge in [0.05, 0.1) is 11.2 Å². The molecule has 3 aromatic carbocycles. The fraction of sp³-hybridized carbons (Fsp3) is 0.250. The van der Waals surface area contributed by atoms with Crippen LogP contribution < -0.4 is 14.9 Å². The summed E-state index contributed by atoms with van der Waals surface area (Å²) in [5.74, 6) is 2.77. The maximum Gasteiger partial charge on any atom is 0.498 e. The molecule has 6 heteroatoms. The number of fused-ring (bicyclic) bond motifs is 5. The van der Waals surface area contributed by atoms with Gasteiger partial charge in [-0.3, -0.25) is 0 Å². The quantitative estimate of drug-likeness (QED) is 0.303. The fourth-order valence-corrected chi connectivity index (χ4v) is 5.12. The van der Waals surface area contributed by atoms with Crippen molar-refractivity contribution in [2.45, 2.75) is 38.9 Å². The second-order valence-corrected chi connectivity index (χ2v) is 9.94. The van der Waals surface area contributed by atoms with Gasteiger partial charge in [-0.15, -0.1) is 11.3 Å². The first kappa shape index (κ1) is 18.3. The van der Waals surface area contributed by atoms with E-state index in [1.165, 1.54) is 20.2 Å². The van der Waals surface area contributed by atoms with Crippen molar-refractivity contribution in [2.75, 3.05) is 0 Å². The predicted octanol–water partition coefficient (Wildman–Crippen LogP) is 6.25. The van der Waals surface area contributed by atoms with Crippen molar-refractivity contribution in [3.63, 3.8) is 0 Å². The zero-order chi connectivity index (χ0) is 20.7. The normalized spacial score (nSPS) is 18.7. The van der Waals surface area contributed by atoms with Crippen molar-refractivity contribution in [3.8, 4) is 23.0 Å². The number of hydrogen-bond donors (Lipinski definition) is 0. The molecule has 2 aliphatic heterocycles. The van der Waals surface area contributed by atoms with E-state index in [0.29, 0.717) is 17.2 Å². The Morgan fingerprint density at radius 2 is 1.43 bits per heavy atom. The van der Waals surface area contributed by atoms with E-state index in [1.807, 2.05) is 45.9 Å². The van der Waals surface area contributed by atoms with E-state index in [-0.39, 0.29) is 0 Å². The van der Waals surface area contributed by atoms with Crippen LogP contribution in [0.3, 0.4) is 0 Å². The lowest BCUT2D eigenvalue weighted by molar-refractivity contribution is 0.00578. The third-order valence-electron chi connectivity index (χ3n) is 6.39. The van der Waals surface area contributed by atoms with E-state index in [1.54, 1.807) is 11.3 Å². The number of ether oxygens (including phenoxy) is 2. The molecule has 0 amide bonds. The molecule has 0 radical (unpaired) electrons. The Kier molecular flexibility index (Phi) is 3.65. The molecule has 0 aliphatic carbocycles. The van der Waals surface area contributed by atoms with Crippen molar-refractivity contribution in [1.29, 1.82) is 0 Å². The minimum Gasteiger partial charge on any atom is -0.450 e. The molecule has 1 saturated heterocycles. The Morgan fingerprint density at radius 1 is 0.700 bits per heavy atom. The van der Waals surface area contributed by atoms with E-state index in [0.717, 1.165) is 11.2 Å². The first-order valence-electron chi connectivity index (χ1n) is 10.1. The van der Waals surface area contributed by atoms with Crippen molar-refractivity contribution < 1.29 is 18.8 Å². The second kappa shape index (κ2) is 6.00. The van der Waals surface area contributed by atoms with Gasteiger partial charge in [0.15, 0.2) is 23.0 Å². The Labute approximate surface area is 179 Å². The van der Waals surface area contributed by atoms with Crippen LogP contribution in [0.5, 0.6) is 23.0 Å². The summed E-state index contributed by atoms with van der Waals surface area (Å²) in [6.45, 7) is 8.20. The zero-order valence-electron chi connectivity index (χ0n) is 17.3. The van der Waals surface area contributed by atoms with Gasteiger partial charge in [0.25, 0.3) is 0 Å². The van der Waals surface area contributed by atoms with Gasteiger partial charge in [0, 0.05) is 31.7 Å². The van der Waals surface area contributed by atoms with Gasteiger partial charge in [0.1, 0.15) is 0 Å². The number of benzene rings is 3. The summed E-state index contributed by atoms with van der Waals surface area (Å²) in [4.78, 5) is 0. The van der Waals surface area contributed by atoms with Gasteiger partial charge in [-0.25, -0.2) is 0 Å². The Hall–Kier alpha value is -2.54. The molecule has 0 spiro atoms. The SMILES string of the molecule is CC1(C)OB(c2cccc3c2Oc2cc4sc5ccccc5c4cc2O3)OC1(C)C. The predicted molar refractivity (Wildman–Crippen MR) is 122 cm³/mol. The molecule has 0 unspecified atom stereocenters. The number of rotatable bonds is 1. The van der Waals surface area contributed by atoms with E-state index in [2.05, 4.69) is 36.4 Å². The van der Waals surface area contributed by atoms with Crippen LogP contribution in [0.1, 0.15) is 27.7 Å². The molecule has 3 heterocycles. The van der Waals surface area contributed by atoms with Gasteiger partial charge < -0.3 is 18.8 Å². The third kappa shape index (κ3) is 2.54. The number of hydrogen-bond acceptors (Lipinski definition) is 5. The van der Waals surface area contributed by atoms with Crippen molar-refractivity contribution in [2.24, 2.45) is 0 Å². The molecular formula is C24H21BO4S. The number of para-hydroxylation sites is 1. The lowest BCUT2D eigenvalue weighted by atomic mass is 9.78. The lowest BCUT2D eigenvalue weighted by Crippen LogP contribution is -2.41. The molecule has 0 atom stereocenters. The fourth-order valence-electron chi connectivity index (χ4n) is 4.00. The summed E-state index contributed by atoms with van der Waals surface area (Å²) >= 11 is 1.76. The van der Waals surface area contributed by atoms with Crippen LogP contribution >= 0.6 is 11.3 Å². The minimum absolute atomic E-state index is 0.420. The van der Waals surface area contributed by atoms with Crippen molar-refractivity contribution in [3.05, 3.63) is 54.6 Å². The highest BCUT2D eigenvalue weighted by molar-refractivity contribution is 7.25. The first-order valence-corrected chi connectivity index (χ1v) is 10.9. The molecule has 0 bridgehead atoms. The van der Waals surface area contributed by atoms with E-state index >= 15 is 0 Å². The van der Waals surface area contributed by atoms with Crippen molar-refractivity contribution in [1.82, 2.24) is 0 Å². The average Bonchev–Trinajstić information content (AvgIpc) is 3.16. The van der Waals surface area contributed by atoms with Crippen LogP contribution in [-0.4, -0.2) is 18.3 Å². The molecular weight excluding hydrogens is 395 g/mol. The summed E-state index contributed by atoms with van der Waals surface area (Å²) in [5.41, 5.74) is 0.00180. The Morgan fingerprint density at radius 3 is 2.23 bits per heavy atom. The van der Waals surface area contributed by atoms with Crippen LogP contribution in [0.25, 0.3) is 20.2 Å². The molecule has 2 aliphatic rings. The summed E-state index contributed by atoms with van der Waals surface area (Å²) < 4.78 is 27.6. The average molecular weight is 416 g/mol. The molecule has 30 heavy (non-hydrogen) atoms. The largest absolute Gasteiger partial charge is 0.498 e. The highest BCUT2D eigenvalue weighted by Crippen LogP contribution is 2.49. The smallest absolute Gasteiger partial charge is 0.450 e. The van der Waals surface area contributed by atoms with Crippen molar-refractivity contribution >= 4 is 44.1 Å². The van der Waals surface area contributed by atoms with Crippen LogP contribution in [0, 0.1) is 0 Å². The summed E-state index contributed by atoms with van der Waals surface area (Å²) in [6.07, 6.45) is 0. The lowest BCUT2D eigenvalue weighted by Gasteiger charge is -2.32. The molecule has 6 rings (SSSR count). The topological polar surface area (TPSA) is 36.9 Å². The Bertz CT molecular complexity index is 1310. The maximum atomic E-state index is 6.38. The molecule has 4 nitrogen and oxygen atoms in total. The zero-order valence-corrected chi connectivity index (χ0v) is 18.1. The second-order valence-electron chi connectivity index (χ2n) is 8.86. The summed E-state index contributed by atoms with van der Waals surface area (Å²) in [7, 11) is -0.511. The molecule has 1 fully saturated rings. The molecule has 4 aromatic rings. The van der Waals surface area contributed by atoms with Crippen LogP contribution in [0.15, 0.2) is 54.6 Å². The maximum absolute atomic E-state index is 6.38. The van der Waals surface area contributed by atoms with Gasteiger partial charge in [0.2, 0.25) is 0 Å². The molecule has 0 N–H and O–H groups in total. The van der Waals surface area contributed by atoms with Gasteiger partial charge >= 0.3 is 7.12 Å². The Balaban J connectivity index is 1.44. The van der Waals surface area contributed by atoms with E-state index in [9.17, 15) is 0 Å². The van der Waals surface area contributed by atoms with Crippen LogP contribution in [-0.2, 0) is 9.31 Å². The van der Waals surface area contributed by atoms with Crippen LogP contribution in [0.4, 0.5) is 0 Å². The summed E-state index contributed by atoms with van der Waals surface area (Å²) in [6, 6.07) is 18.4. The van der Waals surface area contributed by atoms with E-state index in [4.69, 9.17) is 18.8 Å². The first-order chi connectivity index (χ1) is 14.3. The van der Waals surface area contributed by atoms with Gasteiger partial charge in [-0.2, -0.15) is 0 Å². The summed E-state index contributed by atoms with van der Waals surface area (Å²) in [5, 5.41) is 2.42. The highest BCUT2D eigenvalue weighted by atomic mass is 32.1. The molecule has 0 saturated carbocycles. The minimum atomic E-state index is -0.511. The van der Waals surface area contributed by atoms with Gasteiger partial charge in [-0.05, 0) is 45.9 Å². The standard InChI is InChI=1S/C24H21BO4S/c1-23(2)24(3,4)29-25(28-23)16-9-7-10-17-22(16)27-19-13-21-15(12-18(19)26-17)14-8-5-6-11-20(14)30-21/h5-13H,1-4H3. The molecule has 150 valence electrons. The van der Waals surface area contributed by atoms with Crippen LogP contribution in [0.2, 0.25) is 0 Å².